The molecule has 1 aliphatic heterocycles. The smallest absolute Gasteiger partial charge is 0.213 e. The summed E-state index contributed by atoms with van der Waals surface area (Å²) in [5, 5.41) is 4.51. The molecule has 3 aliphatic rings. The lowest BCUT2D eigenvalue weighted by atomic mass is 9.95. The number of fused-ring (bicyclic) bond motifs is 5. The van der Waals surface area contributed by atoms with Crippen LogP contribution in [0.1, 0.15) is 25.7 Å². The number of aromatic nitrogens is 2. The highest BCUT2D eigenvalue weighted by Gasteiger charge is 2.40. The molecule has 5 heteroatoms. The van der Waals surface area contributed by atoms with Gasteiger partial charge in [0.05, 0.1) is 11.0 Å². The minimum Gasteiger partial charge on any atom is -0.359 e. The molecule has 2 saturated carbocycles. The number of hydrogen-bond donors (Lipinski definition) is 1. The summed E-state index contributed by atoms with van der Waals surface area (Å²) >= 11 is 5.71. The summed E-state index contributed by atoms with van der Waals surface area (Å²) in [6.45, 7) is 1.90. The summed E-state index contributed by atoms with van der Waals surface area (Å²) in [5.41, 5.74) is 2.27. The summed E-state index contributed by atoms with van der Waals surface area (Å²) in [6, 6.07) is 8.92. The van der Waals surface area contributed by atoms with Crippen LogP contribution in [0.4, 0.5) is 5.95 Å². The molecule has 2 bridgehead atoms. The first-order chi connectivity index (χ1) is 10.8. The van der Waals surface area contributed by atoms with E-state index in [0.29, 0.717) is 6.04 Å². The van der Waals surface area contributed by atoms with E-state index in [9.17, 15) is 0 Å². The molecule has 0 radical (unpaired) electrons. The number of hydrogen-bond acceptors (Lipinski definition) is 2. The van der Waals surface area contributed by atoms with E-state index < -0.39 is 0 Å². The molecule has 2 aliphatic carbocycles. The SMILES string of the molecule is S=C(N[C@H]1C[C@H]2CC[C@@H]1C2)N1CCn2c1nc1ccccc12. The Morgan fingerprint density at radius 1 is 1.18 bits per heavy atom. The van der Waals surface area contributed by atoms with Crippen molar-refractivity contribution in [3.8, 4) is 0 Å². The lowest BCUT2D eigenvalue weighted by molar-refractivity contribution is 0.390. The van der Waals surface area contributed by atoms with Crippen molar-refractivity contribution in [2.24, 2.45) is 11.8 Å². The Morgan fingerprint density at radius 3 is 2.91 bits per heavy atom. The van der Waals surface area contributed by atoms with Crippen molar-refractivity contribution in [1.82, 2.24) is 14.9 Å². The lowest BCUT2D eigenvalue weighted by Gasteiger charge is -2.27. The average molecular weight is 312 g/mol. The molecule has 2 aromatic rings. The van der Waals surface area contributed by atoms with E-state index in [2.05, 4.69) is 33.0 Å². The molecular formula is C17H20N4S. The maximum Gasteiger partial charge on any atom is 0.213 e. The summed E-state index contributed by atoms with van der Waals surface area (Å²) in [4.78, 5) is 6.96. The Morgan fingerprint density at radius 2 is 2.09 bits per heavy atom. The van der Waals surface area contributed by atoms with Gasteiger partial charge in [0.15, 0.2) is 5.11 Å². The van der Waals surface area contributed by atoms with Gasteiger partial charge in [0, 0.05) is 19.1 Å². The highest BCUT2D eigenvalue weighted by molar-refractivity contribution is 7.80. The van der Waals surface area contributed by atoms with E-state index in [0.717, 1.165) is 41.5 Å². The molecule has 2 heterocycles. The van der Waals surface area contributed by atoms with Crippen LogP contribution in [0.5, 0.6) is 0 Å². The molecule has 1 N–H and O–H groups in total. The van der Waals surface area contributed by atoms with Crippen LogP contribution in [0.15, 0.2) is 24.3 Å². The summed E-state index contributed by atoms with van der Waals surface area (Å²) in [5.74, 6) is 2.78. The topological polar surface area (TPSA) is 33.1 Å². The van der Waals surface area contributed by atoms with E-state index in [1.165, 1.54) is 31.2 Å². The zero-order valence-corrected chi connectivity index (χ0v) is 13.4. The molecule has 1 aromatic heterocycles. The predicted octanol–water partition coefficient (Wildman–Crippen LogP) is 2.92. The van der Waals surface area contributed by atoms with Gasteiger partial charge in [0.1, 0.15) is 0 Å². The number of para-hydroxylation sites is 2. The second-order valence-corrected chi connectivity index (χ2v) is 7.32. The lowest BCUT2D eigenvalue weighted by Crippen LogP contribution is -2.46. The largest absolute Gasteiger partial charge is 0.359 e. The van der Waals surface area contributed by atoms with Crippen molar-refractivity contribution in [2.45, 2.75) is 38.3 Å². The number of anilines is 1. The highest BCUT2D eigenvalue weighted by atomic mass is 32.1. The minimum atomic E-state index is 0.588. The van der Waals surface area contributed by atoms with Crippen molar-refractivity contribution < 1.29 is 0 Å². The van der Waals surface area contributed by atoms with Crippen LogP contribution in [0, 0.1) is 11.8 Å². The van der Waals surface area contributed by atoms with E-state index in [4.69, 9.17) is 17.2 Å². The van der Waals surface area contributed by atoms with Crippen LogP contribution in [-0.2, 0) is 6.54 Å². The molecule has 0 spiro atoms. The molecule has 114 valence electrons. The zero-order chi connectivity index (χ0) is 14.7. The summed E-state index contributed by atoms with van der Waals surface area (Å²) < 4.78 is 2.28. The molecule has 0 saturated heterocycles. The van der Waals surface area contributed by atoms with Crippen LogP contribution < -0.4 is 10.2 Å². The van der Waals surface area contributed by atoms with E-state index >= 15 is 0 Å². The first kappa shape index (κ1) is 12.9. The van der Waals surface area contributed by atoms with E-state index in [1.54, 1.807) is 0 Å². The van der Waals surface area contributed by atoms with Crippen LogP contribution in [0.25, 0.3) is 11.0 Å². The van der Waals surface area contributed by atoms with Crippen molar-refractivity contribution in [3.05, 3.63) is 24.3 Å². The van der Waals surface area contributed by atoms with Crippen molar-refractivity contribution in [3.63, 3.8) is 0 Å². The van der Waals surface area contributed by atoms with Gasteiger partial charge >= 0.3 is 0 Å². The second-order valence-electron chi connectivity index (χ2n) is 6.93. The molecule has 2 fully saturated rings. The van der Waals surface area contributed by atoms with Gasteiger partial charge in [-0.3, -0.25) is 4.90 Å². The third-order valence-corrected chi connectivity index (χ3v) is 6.05. The normalized spacial score (nSPS) is 29.3. The summed E-state index contributed by atoms with van der Waals surface area (Å²) in [6.07, 6.45) is 5.51. The first-order valence-corrected chi connectivity index (χ1v) is 8.74. The van der Waals surface area contributed by atoms with Gasteiger partial charge in [0.2, 0.25) is 5.95 Å². The molecule has 0 unspecified atom stereocenters. The number of benzene rings is 1. The average Bonchev–Trinajstić information content (AvgIpc) is 3.26. The maximum atomic E-state index is 5.71. The quantitative estimate of drug-likeness (QED) is 0.821. The summed E-state index contributed by atoms with van der Waals surface area (Å²) in [7, 11) is 0. The number of nitrogens with one attached hydrogen (secondary N) is 1. The van der Waals surface area contributed by atoms with Crippen molar-refractivity contribution >= 4 is 34.3 Å². The number of thiocarbonyl (C=S) groups is 1. The fraction of sp³-hybridized carbons (Fsp3) is 0.529. The number of imidazole rings is 1. The predicted molar refractivity (Wildman–Crippen MR) is 92.0 cm³/mol. The van der Waals surface area contributed by atoms with Crippen LogP contribution in [-0.4, -0.2) is 27.3 Å². The van der Waals surface area contributed by atoms with Gasteiger partial charge in [0.25, 0.3) is 0 Å². The zero-order valence-electron chi connectivity index (χ0n) is 12.5. The Labute approximate surface area is 135 Å². The Kier molecular flexibility index (Phi) is 2.74. The standard InChI is InChI=1S/C17H20N4S/c22-17(19-14-10-11-5-6-12(14)9-11)21-8-7-20-15-4-2-1-3-13(15)18-16(20)21/h1-4,11-12,14H,5-10H2,(H,19,22)/t11-,12+,14-/m0/s1. The second kappa shape index (κ2) is 4.69. The molecular weight excluding hydrogens is 292 g/mol. The third kappa shape index (κ3) is 1.81. The van der Waals surface area contributed by atoms with E-state index in [-0.39, 0.29) is 0 Å². The molecule has 1 aromatic carbocycles. The molecule has 0 amide bonds. The van der Waals surface area contributed by atoms with Crippen LogP contribution in [0.3, 0.4) is 0 Å². The first-order valence-electron chi connectivity index (χ1n) is 8.33. The fourth-order valence-corrected chi connectivity index (χ4v) is 4.96. The Hall–Kier alpha value is -1.62. The van der Waals surface area contributed by atoms with Gasteiger partial charge in [-0.25, -0.2) is 4.98 Å². The van der Waals surface area contributed by atoms with Gasteiger partial charge in [-0.2, -0.15) is 0 Å². The Bertz CT molecular complexity index is 752. The van der Waals surface area contributed by atoms with Crippen LogP contribution in [0.2, 0.25) is 0 Å². The monoisotopic (exact) mass is 312 g/mol. The van der Waals surface area contributed by atoms with Gasteiger partial charge < -0.3 is 9.88 Å². The molecule has 3 atom stereocenters. The number of rotatable bonds is 1. The van der Waals surface area contributed by atoms with Gasteiger partial charge in [-0.1, -0.05) is 18.6 Å². The highest BCUT2D eigenvalue weighted by Crippen LogP contribution is 2.44. The van der Waals surface area contributed by atoms with Gasteiger partial charge in [-0.05, 0) is 55.4 Å². The maximum absolute atomic E-state index is 5.71. The third-order valence-electron chi connectivity index (χ3n) is 5.72. The Balaban J connectivity index is 1.40. The van der Waals surface area contributed by atoms with Gasteiger partial charge in [-0.15, -0.1) is 0 Å². The molecule has 4 nitrogen and oxygen atoms in total. The minimum absolute atomic E-state index is 0.588. The number of nitrogens with zero attached hydrogens (tertiary/aromatic N) is 3. The van der Waals surface area contributed by atoms with Crippen molar-refractivity contribution in [1.29, 1.82) is 0 Å². The molecule has 5 rings (SSSR count). The van der Waals surface area contributed by atoms with E-state index in [1.807, 2.05) is 6.07 Å². The fourth-order valence-electron chi connectivity index (χ4n) is 4.64. The van der Waals surface area contributed by atoms with Crippen LogP contribution >= 0.6 is 12.2 Å². The molecule has 22 heavy (non-hydrogen) atoms. The van der Waals surface area contributed by atoms with Crippen molar-refractivity contribution in [2.75, 3.05) is 11.4 Å².